The molecule has 4 heteroatoms. The second-order valence-corrected chi connectivity index (χ2v) is 5.06. The molecule has 100 valence electrons. The van der Waals surface area contributed by atoms with Gasteiger partial charge in [-0.05, 0) is 25.5 Å². The van der Waals surface area contributed by atoms with Crippen molar-refractivity contribution in [3.8, 4) is 17.0 Å². The highest BCUT2D eigenvalue weighted by Crippen LogP contribution is 2.34. The Morgan fingerprint density at radius 2 is 2.16 bits per heavy atom. The van der Waals surface area contributed by atoms with Crippen molar-refractivity contribution in [2.75, 3.05) is 7.11 Å². The van der Waals surface area contributed by atoms with Gasteiger partial charge in [0, 0.05) is 30.3 Å². The van der Waals surface area contributed by atoms with Crippen molar-refractivity contribution in [2.45, 2.75) is 32.4 Å². The van der Waals surface area contributed by atoms with Crippen molar-refractivity contribution in [2.24, 2.45) is 5.73 Å². The molecular formula is C15H19N3O. The van der Waals surface area contributed by atoms with E-state index in [-0.39, 0.29) is 6.04 Å². The Bertz CT molecular complexity index is 603. The van der Waals surface area contributed by atoms with Gasteiger partial charge in [-0.15, -0.1) is 0 Å². The van der Waals surface area contributed by atoms with Crippen LogP contribution < -0.4 is 10.5 Å². The van der Waals surface area contributed by atoms with Gasteiger partial charge in [-0.25, -0.2) is 4.98 Å². The predicted molar refractivity (Wildman–Crippen MR) is 75.2 cm³/mol. The molecule has 0 bridgehead atoms. The smallest absolute Gasteiger partial charge is 0.128 e. The number of fused-ring (bicyclic) bond motifs is 1. The molecule has 19 heavy (non-hydrogen) atoms. The second kappa shape index (κ2) is 4.70. The molecule has 1 unspecified atom stereocenters. The molecule has 1 aromatic heterocycles. The van der Waals surface area contributed by atoms with E-state index in [1.54, 1.807) is 7.11 Å². The third-order valence-electron chi connectivity index (χ3n) is 3.80. The summed E-state index contributed by atoms with van der Waals surface area (Å²) in [6.07, 6.45) is 1.91. The number of ether oxygens (including phenoxy) is 1. The highest BCUT2D eigenvalue weighted by atomic mass is 16.5. The van der Waals surface area contributed by atoms with E-state index < -0.39 is 0 Å². The Morgan fingerprint density at radius 3 is 2.95 bits per heavy atom. The van der Waals surface area contributed by atoms with Crippen LogP contribution in [0.2, 0.25) is 0 Å². The first-order chi connectivity index (χ1) is 9.20. The predicted octanol–water partition coefficient (Wildman–Crippen LogP) is 2.14. The summed E-state index contributed by atoms with van der Waals surface area (Å²) < 4.78 is 7.73. The number of aryl methyl sites for hydroxylation is 1. The zero-order chi connectivity index (χ0) is 13.4. The standard InChI is InChI=1S/C15H19N3O/c1-10-17-15(12-5-3-4-6-14(12)19-2)13-9-11(16)7-8-18(10)13/h3-6,11H,7-9,16H2,1-2H3. The van der Waals surface area contributed by atoms with Crippen LogP contribution in [0, 0.1) is 6.92 Å². The molecule has 1 atom stereocenters. The highest BCUT2D eigenvalue weighted by Gasteiger charge is 2.24. The molecule has 0 saturated heterocycles. The number of nitrogens with two attached hydrogens (primary N) is 1. The number of rotatable bonds is 2. The van der Waals surface area contributed by atoms with Gasteiger partial charge >= 0.3 is 0 Å². The summed E-state index contributed by atoms with van der Waals surface area (Å²) in [5.74, 6) is 1.92. The summed E-state index contributed by atoms with van der Waals surface area (Å²) in [5, 5.41) is 0. The maximum atomic E-state index is 6.10. The van der Waals surface area contributed by atoms with E-state index in [4.69, 9.17) is 15.5 Å². The molecule has 2 N–H and O–H groups in total. The number of nitrogens with zero attached hydrogens (tertiary/aromatic N) is 2. The highest BCUT2D eigenvalue weighted by molar-refractivity contribution is 5.69. The zero-order valence-corrected chi connectivity index (χ0v) is 11.4. The topological polar surface area (TPSA) is 53.1 Å². The Balaban J connectivity index is 2.16. The molecule has 4 nitrogen and oxygen atoms in total. The molecule has 1 aromatic carbocycles. The minimum Gasteiger partial charge on any atom is -0.496 e. The van der Waals surface area contributed by atoms with Gasteiger partial charge in [0.15, 0.2) is 0 Å². The molecule has 0 amide bonds. The lowest BCUT2D eigenvalue weighted by atomic mass is 10.00. The molecule has 0 radical (unpaired) electrons. The molecule has 3 rings (SSSR count). The molecule has 0 fully saturated rings. The van der Waals surface area contributed by atoms with Gasteiger partial charge in [-0.3, -0.25) is 0 Å². The largest absolute Gasteiger partial charge is 0.496 e. The van der Waals surface area contributed by atoms with Crippen LogP contribution in [0.4, 0.5) is 0 Å². The summed E-state index contributed by atoms with van der Waals surface area (Å²) in [6, 6.07) is 8.25. The van der Waals surface area contributed by atoms with Gasteiger partial charge in [0.1, 0.15) is 11.6 Å². The average molecular weight is 257 g/mol. The van der Waals surface area contributed by atoms with Crippen LogP contribution in [0.5, 0.6) is 5.75 Å². The van der Waals surface area contributed by atoms with Crippen LogP contribution in [0.25, 0.3) is 11.3 Å². The number of hydrogen-bond donors (Lipinski definition) is 1. The van der Waals surface area contributed by atoms with Crippen LogP contribution in [-0.4, -0.2) is 22.7 Å². The molecule has 2 aromatic rings. The minimum atomic E-state index is 0.233. The lowest BCUT2D eigenvalue weighted by Crippen LogP contribution is -2.31. The maximum absolute atomic E-state index is 6.10. The van der Waals surface area contributed by atoms with Crippen molar-refractivity contribution >= 4 is 0 Å². The first-order valence-corrected chi connectivity index (χ1v) is 6.65. The minimum absolute atomic E-state index is 0.233. The molecule has 0 aliphatic carbocycles. The van der Waals surface area contributed by atoms with Crippen LogP contribution in [-0.2, 0) is 13.0 Å². The van der Waals surface area contributed by atoms with Gasteiger partial charge in [-0.2, -0.15) is 0 Å². The summed E-state index contributed by atoms with van der Waals surface area (Å²) in [6.45, 7) is 3.02. The third kappa shape index (κ3) is 2.02. The van der Waals surface area contributed by atoms with Crippen LogP contribution in [0.3, 0.4) is 0 Å². The Kier molecular flexibility index (Phi) is 3.03. The van der Waals surface area contributed by atoms with Crippen molar-refractivity contribution < 1.29 is 4.74 Å². The number of hydrogen-bond acceptors (Lipinski definition) is 3. The molecule has 1 aliphatic rings. The van der Waals surface area contributed by atoms with Crippen molar-refractivity contribution in [3.63, 3.8) is 0 Å². The number of benzene rings is 1. The monoisotopic (exact) mass is 257 g/mol. The Labute approximate surface area is 113 Å². The Hall–Kier alpha value is -1.81. The first-order valence-electron chi connectivity index (χ1n) is 6.65. The molecule has 2 heterocycles. The number of methoxy groups -OCH3 is 1. The van der Waals surface area contributed by atoms with Gasteiger partial charge in [-0.1, -0.05) is 12.1 Å². The van der Waals surface area contributed by atoms with Gasteiger partial charge < -0.3 is 15.0 Å². The summed E-state index contributed by atoms with van der Waals surface area (Å²) >= 11 is 0. The number of imidazole rings is 1. The second-order valence-electron chi connectivity index (χ2n) is 5.06. The van der Waals surface area contributed by atoms with Gasteiger partial charge in [0.2, 0.25) is 0 Å². The first kappa shape index (κ1) is 12.2. The van der Waals surface area contributed by atoms with E-state index in [2.05, 4.69) is 17.6 Å². The SMILES string of the molecule is COc1ccccc1-c1nc(C)n2c1CC(N)CC2. The van der Waals surface area contributed by atoms with E-state index in [1.165, 1.54) is 5.69 Å². The summed E-state index contributed by atoms with van der Waals surface area (Å²) in [5.41, 5.74) is 9.41. The lowest BCUT2D eigenvalue weighted by molar-refractivity contribution is 0.416. The Morgan fingerprint density at radius 1 is 1.37 bits per heavy atom. The van der Waals surface area contributed by atoms with E-state index in [0.29, 0.717) is 0 Å². The van der Waals surface area contributed by atoms with E-state index >= 15 is 0 Å². The average Bonchev–Trinajstić information content (AvgIpc) is 2.75. The van der Waals surface area contributed by atoms with E-state index in [0.717, 1.165) is 42.2 Å². The fraction of sp³-hybridized carbons (Fsp3) is 0.400. The molecule has 1 aliphatic heterocycles. The number of aromatic nitrogens is 2. The fourth-order valence-electron chi connectivity index (χ4n) is 2.81. The molecule has 0 saturated carbocycles. The van der Waals surface area contributed by atoms with E-state index in [9.17, 15) is 0 Å². The van der Waals surface area contributed by atoms with Gasteiger partial charge in [0.05, 0.1) is 12.8 Å². The van der Waals surface area contributed by atoms with Gasteiger partial charge in [0.25, 0.3) is 0 Å². The van der Waals surface area contributed by atoms with Crippen molar-refractivity contribution in [1.82, 2.24) is 9.55 Å². The van der Waals surface area contributed by atoms with Crippen molar-refractivity contribution in [1.29, 1.82) is 0 Å². The third-order valence-corrected chi connectivity index (χ3v) is 3.80. The maximum Gasteiger partial charge on any atom is 0.128 e. The fourth-order valence-corrected chi connectivity index (χ4v) is 2.81. The van der Waals surface area contributed by atoms with Crippen molar-refractivity contribution in [3.05, 3.63) is 35.8 Å². The van der Waals surface area contributed by atoms with E-state index in [1.807, 2.05) is 18.2 Å². The quantitative estimate of drug-likeness (QED) is 0.896. The lowest BCUT2D eigenvalue weighted by Gasteiger charge is -2.22. The normalized spacial score (nSPS) is 18.2. The van der Waals surface area contributed by atoms with Crippen LogP contribution >= 0.6 is 0 Å². The summed E-state index contributed by atoms with van der Waals surface area (Å²) in [4.78, 5) is 4.73. The molecule has 0 spiro atoms. The zero-order valence-electron chi connectivity index (χ0n) is 11.4. The van der Waals surface area contributed by atoms with Crippen LogP contribution in [0.1, 0.15) is 17.9 Å². The molecular weight excluding hydrogens is 238 g/mol. The summed E-state index contributed by atoms with van der Waals surface area (Å²) in [7, 11) is 1.69. The van der Waals surface area contributed by atoms with Crippen LogP contribution in [0.15, 0.2) is 24.3 Å². The number of para-hydroxylation sites is 1.